The molecule has 4 rings (SSSR count). The second-order valence-corrected chi connectivity index (χ2v) is 6.81. The van der Waals surface area contributed by atoms with Gasteiger partial charge in [-0.2, -0.15) is 0 Å². The summed E-state index contributed by atoms with van der Waals surface area (Å²) in [5.41, 5.74) is 3.75. The summed E-state index contributed by atoms with van der Waals surface area (Å²) in [6.45, 7) is 1.90. The molecule has 5 nitrogen and oxygen atoms in total. The molecule has 3 aromatic carbocycles. The van der Waals surface area contributed by atoms with E-state index < -0.39 is 11.7 Å². The highest BCUT2D eigenvalue weighted by Crippen LogP contribution is 2.27. The number of rotatable bonds is 3. The molecular formula is C22H16FN3O2S. The van der Waals surface area contributed by atoms with E-state index in [1.165, 1.54) is 18.2 Å². The van der Waals surface area contributed by atoms with Crippen molar-refractivity contribution in [1.29, 1.82) is 0 Å². The number of carbonyl (C=O) groups is 1. The zero-order valence-electron chi connectivity index (χ0n) is 15.4. The highest BCUT2D eigenvalue weighted by Gasteiger charge is 2.14. The van der Waals surface area contributed by atoms with E-state index in [4.69, 9.17) is 16.6 Å². The number of fused-ring (bicyclic) bond motifs is 1. The van der Waals surface area contributed by atoms with Crippen molar-refractivity contribution in [2.24, 2.45) is 0 Å². The molecule has 4 aromatic rings. The second kappa shape index (κ2) is 7.81. The first kappa shape index (κ1) is 18.8. The largest absolute Gasteiger partial charge is 0.436 e. The predicted octanol–water partition coefficient (Wildman–Crippen LogP) is 5.07. The molecule has 1 aromatic heterocycles. The molecule has 0 spiro atoms. The average molecular weight is 405 g/mol. The van der Waals surface area contributed by atoms with Crippen LogP contribution in [0, 0.1) is 12.7 Å². The first-order valence-electron chi connectivity index (χ1n) is 8.85. The van der Waals surface area contributed by atoms with Crippen molar-refractivity contribution in [2.75, 3.05) is 5.32 Å². The minimum atomic E-state index is -0.617. The molecule has 7 heteroatoms. The first-order valence-corrected chi connectivity index (χ1v) is 9.25. The lowest BCUT2D eigenvalue weighted by Crippen LogP contribution is -2.34. The van der Waals surface area contributed by atoms with Crippen LogP contribution < -0.4 is 10.6 Å². The van der Waals surface area contributed by atoms with Gasteiger partial charge in [-0.25, -0.2) is 9.37 Å². The molecule has 2 N–H and O–H groups in total. The third-order valence-electron chi connectivity index (χ3n) is 4.37. The van der Waals surface area contributed by atoms with Gasteiger partial charge in [0.2, 0.25) is 5.89 Å². The fourth-order valence-electron chi connectivity index (χ4n) is 2.85. The summed E-state index contributed by atoms with van der Waals surface area (Å²) in [6, 6.07) is 18.9. The van der Waals surface area contributed by atoms with Gasteiger partial charge >= 0.3 is 0 Å². The van der Waals surface area contributed by atoms with E-state index in [-0.39, 0.29) is 10.7 Å². The monoisotopic (exact) mass is 405 g/mol. The number of thiocarbonyl (C=S) groups is 1. The summed E-state index contributed by atoms with van der Waals surface area (Å²) in [7, 11) is 0. The third-order valence-corrected chi connectivity index (χ3v) is 4.58. The summed E-state index contributed by atoms with van der Waals surface area (Å²) < 4.78 is 19.6. The average Bonchev–Trinajstić information content (AvgIpc) is 3.14. The number of hydrogen-bond acceptors (Lipinski definition) is 4. The van der Waals surface area contributed by atoms with Gasteiger partial charge in [0.15, 0.2) is 10.7 Å². The molecule has 29 heavy (non-hydrogen) atoms. The number of oxazole rings is 1. The number of aryl methyl sites for hydroxylation is 1. The molecule has 0 aliphatic rings. The highest BCUT2D eigenvalue weighted by molar-refractivity contribution is 7.80. The van der Waals surface area contributed by atoms with Gasteiger partial charge < -0.3 is 9.73 Å². The molecule has 0 saturated carbocycles. The molecule has 0 atom stereocenters. The molecular weight excluding hydrogens is 389 g/mol. The van der Waals surface area contributed by atoms with E-state index in [0.29, 0.717) is 17.2 Å². The summed E-state index contributed by atoms with van der Waals surface area (Å²) in [5.74, 6) is -0.745. The minimum absolute atomic E-state index is 0.0658. The highest BCUT2D eigenvalue weighted by atomic mass is 32.1. The van der Waals surface area contributed by atoms with Crippen LogP contribution >= 0.6 is 12.2 Å². The summed E-state index contributed by atoms with van der Waals surface area (Å²) in [5, 5.41) is 5.54. The number of anilines is 1. The quantitative estimate of drug-likeness (QED) is 0.466. The molecule has 1 amide bonds. The number of carbonyl (C=O) groups excluding carboxylic acids is 1. The zero-order chi connectivity index (χ0) is 20.4. The predicted molar refractivity (Wildman–Crippen MR) is 114 cm³/mol. The van der Waals surface area contributed by atoms with Crippen LogP contribution in [0.1, 0.15) is 15.9 Å². The molecule has 0 fully saturated rings. The maximum atomic E-state index is 13.8. The molecule has 1 heterocycles. The van der Waals surface area contributed by atoms with Crippen molar-refractivity contribution < 1.29 is 13.6 Å². The molecule has 0 radical (unpaired) electrons. The topological polar surface area (TPSA) is 67.2 Å². The number of nitrogens with zero attached hydrogens (tertiary/aromatic N) is 1. The minimum Gasteiger partial charge on any atom is -0.436 e. The summed E-state index contributed by atoms with van der Waals surface area (Å²) in [6.07, 6.45) is 0. The lowest BCUT2D eigenvalue weighted by atomic mass is 10.1. The van der Waals surface area contributed by atoms with Gasteiger partial charge in [0.1, 0.15) is 11.3 Å². The summed E-state index contributed by atoms with van der Waals surface area (Å²) in [4.78, 5) is 16.7. The van der Waals surface area contributed by atoms with Crippen LogP contribution in [0.15, 0.2) is 71.1 Å². The van der Waals surface area contributed by atoms with E-state index in [2.05, 4.69) is 15.6 Å². The van der Waals surface area contributed by atoms with E-state index in [1.54, 1.807) is 6.07 Å². The number of aromatic nitrogens is 1. The van der Waals surface area contributed by atoms with Crippen LogP contribution in [-0.2, 0) is 0 Å². The fourth-order valence-corrected chi connectivity index (χ4v) is 3.06. The molecule has 0 aliphatic carbocycles. The number of hydrogen-bond donors (Lipinski definition) is 2. The Morgan fingerprint density at radius 3 is 2.62 bits per heavy atom. The van der Waals surface area contributed by atoms with E-state index in [1.807, 2.05) is 49.4 Å². The van der Waals surface area contributed by atoms with Crippen molar-refractivity contribution in [3.63, 3.8) is 0 Å². The Bertz CT molecular complexity index is 1200. The Morgan fingerprint density at radius 1 is 1.07 bits per heavy atom. The summed E-state index contributed by atoms with van der Waals surface area (Å²) >= 11 is 5.22. The fraction of sp³-hybridized carbons (Fsp3) is 0.0455. The van der Waals surface area contributed by atoms with Gasteiger partial charge in [-0.3, -0.25) is 10.1 Å². The van der Waals surface area contributed by atoms with Crippen LogP contribution in [0.4, 0.5) is 10.1 Å². The maximum absolute atomic E-state index is 13.8. The standard InChI is InChI=1S/C22H16FN3O2S/c1-13-10-11-14(21-24-17-8-4-5-9-19(17)28-21)12-18(13)25-22(29)26-20(27)15-6-2-3-7-16(15)23/h2-12H,1H3,(H2,25,26,27,29). The Balaban J connectivity index is 1.54. The van der Waals surface area contributed by atoms with Crippen molar-refractivity contribution >= 4 is 40.0 Å². The third kappa shape index (κ3) is 4.00. The van der Waals surface area contributed by atoms with Crippen LogP contribution in [0.25, 0.3) is 22.6 Å². The SMILES string of the molecule is Cc1ccc(-c2nc3ccccc3o2)cc1NC(=S)NC(=O)c1ccccc1F. The normalized spacial score (nSPS) is 10.7. The van der Waals surface area contributed by atoms with Crippen molar-refractivity contribution in [2.45, 2.75) is 6.92 Å². The maximum Gasteiger partial charge on any atom is 0.260 e. The van der Waals surface area contributed by atoms with E-state index >= 15 is 0 Å². The van der Waals surface area contributed by atoms with E-state index in [0.717, 1.165) is 16.6 Å². The van der Waals surface area contributed by atoms with Crippen molar-refractivity contribution in [3.05, 3.63) is 83.7 Å². The van der Waals surface area contributed by atoms with Crippen molar-refractivity contribution in [1.82, 2.24) is 10.3 Å². The number of para-hydroxylation sites is 2. The number of amides is 1. The Morgan fingerprint density at radius 2 is 1.83 bits per heavy atom. The number of nitrogens with one attached hydrogen (secondary N) is 2. The lowest BCUT2D eigenvalue weighted by molar-refractivity contribution is 0.0974. The molecule has 0 bridgehead atoms. The molecule has 144 valence electrons. The number of benzene rings is 3. The van der Waals surface area contributed by atoms with Gasteiger partial charge in [0, 0.05) is 11.3 Å². The second-order valence-electron chi connectivity index (χ2n) is 6.40. The molecule has 0 aliphatic heterocycles. The lowest BCUT2D eigenvalue weighted by Gasteiger charge is -2.13. The van der Waals surface area contributed by atoms with Crippen LogP contribution in [0.2, 0.25) is 0 Å². The van der Waals surface area contributed by atoms with Crippen molar-refractivity contribution in [3.8, 4) is 11.5 Å². The smallest absolute Gasteiger partial charge is 0.260 e. The van der Waals surface area contributed by atoms with Crippen LogP contribution in [0.5, 0.6) is 0 Å². The van der Waals surface area contributed by atoms with Gasteiger partial charge in [-0.15, -0.1) is 0 Å². The first-order chi connectivity index (χ1) is 14.0. The van der Waals surface area contributed by atoms with Crippen LogP contribution in [0.3, 0.4) is 0 Å². The zero-order valence-corrected chi connectivity index (χ0v) is 16.2. The Kier molecular flexibility index (Phi) is 5.05. The Hall–Kier alpha value is -3.58. The Labute approximate surface area is 171 Å². The van der Waals surface area contributed by atoms with Gasteiger partial charge in [0.25, 0.3) is 5.91 Å². The van der Waals surface area contributed by atoms with Gasteiger partial charge in [-0.1, -0.05) is 30.3 Å². The van der Waals surface area contributed by atoms with Crippen LogP contribution in [-0.4, -0.2) is 16.0 Å². The van der Waals surface area contributed by atoms with E-state index in [9.17, 15) is 9.18 Å². The number of halogens is 1. The van der Waals surface area contributed by atoms with Gasteiger partial charge in [0.05, 0.1) is 5.56 Å². The van der Waals surface area contributed by atoms with Gasteiger partial charge in [-0.05, 0) is 61.1 Å². The molecule has 0 saturated heterocycles. The molecule has 0 unspecified atom stereocenters.